The lowest BCUT2D eigenvalue weighted by atomic mass is 9.76. The molecule has 0 bridgehead atoms. The third-order valence-electron chi connectivity index (χ3n) is 6.00. The van der Waals surface area contributed by atoms with Crippen LogP contribution in [-0.2, 0) is 4.79 Å². The number of rotatable bonds is 18. The normalized spacial score (nSPS) is 14.4. The summed E-state index contributed by atoms with van der Waals surface area (Å²) in [5, 5.41) is 20.5. The van der Waals surface area contributed by atoms with E-state index in [-0.39, 0.29) is 27.6 Å². The van der Waals surface area contributed by atoms with E-state index < -0.39 is 6.23 Å². The van der Waals surface area contributed by atoms with Crippen molar-refractivity contribution in [1.82, 2.24) is 20.9 Å². The predicted molar refractivity (Wildman–Crippen MR) is 152 cm³/mol. The first kappa shape index (κ1) is 34.3. The van der Waals surface area contributed by atoms with Gasteiger partial charge in [-0.1, -0.05) is 76.2 Å². The fraction of sp³-hybridized carbons (Fsp3) is 0.966. The molecule has 0 radical (unpaired) electrons. The van der Waals surface area contributed by atoms with Gasteiger partial charge >= 0.3 is 0 Å². The van der Waals surface area contributed by atoms with Crippen molar-refractivity contribution >= 4 is 5.91 Å². The molecule has 1 unspecified atom stereocenters. The molecule has 0 aliphatic carbocycles. The molecule has 0 aromatic heterocycles. The fourth-order valence-electron chi connectivity index (χ4n) is 5.36. The van der Waals surface area contributed by atoms with Crippen molar-refractivity contribution in [2.24, 2.45) is 21.7 Å². The summed E-state index contributed by atoms with van der Waals surface area (Å²) in [6.45, 7) is 30.4. The van der Waals surface area contributed by atoms with E-state index in [4.69, 9.17) is 0 Å². The molecule has 0 saturated carbocycles. The monoisotopic (exact) mass is 498 g/mol. The SMILES string of the molecule is CCCNCCN(CCC(=O)NCC(C)(C)CC(C)(C)C)CCC(O)NCC(C)(C)CC(C)(C)C. The Kier molecular flexibility index (Phi) is 15.2. The van der Waals surface area contributed by atoms with Gasteiger partial charge in [0.1, 0.15) is 6.23 Å². The zero-order valence-electron chi connectivity index (χ0n) is 25.4. The molecular formula is C29H62N4O2. The molecule has 6 nitrogen and oxygen atoms in total. The van der Waals surface area contributed by atoms with Crippen molar-refractivity contribution in [3.05, 3.63) is 0 Å². The Morgan fingerprint density at radius 1 is 0.800 bits per heavy atom. The number of carbonyl (C=O) groups excluding carboxylic acids is 1. The Bertz CT molecular complexity index is 576. The van der Waals surface area contributed by atoms with E-state index in [9.17, 15) is 9.90 Å². The molecule has 35 heavy (non-hydrogen) atoms. The molecule has 0 fully saturated rings. The zero-order valence-corrected chi connectivity index (χ0v) is 25.4. The highest BCUT2D eigenvalue weighted by Crippen LogP contribution is 2.33. The largest absolute Gasteiger partial charge is 0.379 e. The highest BCUT2D eigenvalue weighted by atomic mass is 16.3. The summed E-state index contributed by atoms with van der Waals surface area (Å²) in [6.07, 6.45) is 3.87. The van der Waals surface area contributed by atoms with Crippen LogP contribution in [0, 0.1) is 21.7 Å². The van der Waals surface area contributed by atoms with Crippen LogP contribution >= 0.6 is 0 Å². The molecule has 0 aromatic carbocycles. The zero-order chi connectivity index (χ0) is 27.3. The van der Waals surface area contributed by atoms with Gasteiger partial charge in [0.05, 0.1) is 0 Å². The van der Waals surface area contributed by atoms with Gasteiger partial charge in [-0.2, -0.15) is 0 Å². The Morgan fingerprint density at radius 2 is 1.34 bits per heavy atom. The van der Waals surface area contributed by atoms with Crippen LogP contribution in [0.1, 0.15) is 108 Å². The van der Waals surface area contributed by atoms with Gasteiger partial charge in [-0.05, 0) is 53.9 Å². The first-order valence-electron chi connectivity index (χ1n) is 14.0. The molecule has 210 valence electrons. The van der Waals surface area contributed by atoms with Crippen LogP contribution < -0.4 is 16.0 Å². The molecule has 0 heterocycles. The number of amides is 1. The van der Waals surface area contributed by atoms with Gasteiger partial charge in [0.15, 0.2) is 0 Å². The van der Waals surface area contributed by atoms with Crippen molar-refractivity contribution in [3.8, 4) is 0 Å². The van der Waals surface area contributed by atoms with Crippen LogP contribution in [0.3, 0.4) is 0 Å². The summed E-state index contributed by atoms with van der Waals surface area (Å²) >= 11 is 0. The molecular weight excluding hydrogens is 436 g/mol. The summed E-state index contributed by atoms with van der Waals surface area (Å²) in [4.78, 5) is 14.9. The number of aliphatic hydroxyl groups excluding tert-OH is 1. The number of hydrogen-bond donors (Lipinski definition) is 4. The second-order valence-electron chi connectivity index (χ2n) is 14.6. The van der Waals surface area contributed by atoms with E-state index in [1.54, 1.807) is 0 Å². The van der Waals surface area contributed by atoms with E-state index in [2.05, 4.69) is 97.0 Å². The van der Waals surface area contributed by atoms with Gasteiger partial charge in [0.25, 0.3) is 0 Å². The van der Waals surface area contributed by atoms with Crippen molar-refractivity contribution in [2.75, 3.05) is 45.8 Å². The molecule has 4 N–H and O–H groups in total. The van der Waals surface area contributed by atoms with Crippen LogP contribution in [-0.4, -0.2) is 68.0 Å². The van der Waals surface area contributed by atoms with Crippen molar-refractivity contribution < 1.29 is 9.90 Å². The third-order valence-corrected chi connectivity index (χ3v) is 6.00. The average Bonchev–Trinajstić information content (AvgIpc) is 2.66. The highest BCUT2D eigenvalue weighted by molar-refractivity contribution is 5.76. The van der Waals surface area contributed by atoms with E-state index in [1.165, 1.54) is 0 Å². The highest BCUT2D eigenvalue weighted by Gasteiger charge is 2.27. The minimum atomic E-state index is -0.535. The summed E-state index contributed by atoms with van der Waals surface area (Å²) in [5.41, 5.74) is 0.713. The van der Waals surface area contributed by atoms with E-state index in [0.29, 0.717) is 25.9 Å². The maximum Gasteiger partial charge on any atom is 0.221 e. The molecule has 1 atom stereocenters. The average molecular weight is 499 g/mol. The molecule has 6 heteroatoms. The van der Waals surface area contributed by atoms with Gasteiger partial charge in [0, 0.05) is 45.7 Å². The van der Waals surface area contributed by atoms with Crippen LogP contribution in [0.4, 0.5) is 0 Å². The maximum atomic E-state index is 12.6. The lowest BCUT2D eigenvalue weighted by Crippen LogP contribution is -2.42. The minimum absolute atomic E-state index is 0.0776. The summed E-state index contributed by atoms with van der Waals surface area (Å²) in [6, 6.07) is 0. The number of hydrogen-bond acceptors (Lipinski definition) is 5. The second kappa shape index (κ2) is 15.5. The number of carbonyl (C=O) groups is 1. The first-order valence-corrected chi connectivity index (χ1v) is 14.0. The van der Waals surface area contributed by atoms with Crippen LogP contribution in [0.15, 0.2) is 0 Å². The molecule has 0 spiro atoms. The Balaban J connectivity index is 4.63. The van der Waals surface area contributed by atoms with Crippen molar-refractivity contribution in [2.45, 2.75) is 114 Å². The molecule has 0 aliphatic heterocycles. The smallest absolute Gasteiger partial charge is 0.221 e. The first-order chi connectivity index (χ1) is 15.8. The molecule has 0 rings (SSSR count). The van der Waals surface area contributed by atoms with Crippen LogP contribution in [0.25, 0.3) is 0 Å². The Hall–Kier alpha value is -0.690. The predicted octanol–water partition coefficient (Wildman–Crippen LogP) is 5.02. The second-order valence-corrected chi connectivity index (χ2v) is 14.6. The summed E-state index contributed by atoms with van der Waals surface area (Å²) < 4.78 is 0. The number of nitrogens with zero attached hydrogens (tertiary/aromatic N) is 1. The molecule has 0 aliphatic rings. The quantitative estimate of drug-likeness (QED) is 0.158. The lowest BCUT2D eigenvalue weighted by Gasteiger charge is -2.33. The topological polar surface area (TPSA) is 76.6 Å². The van der Waals surface area contributed by atoms with Gasteiger partial charge < -0.3 is 20.6 Å². The Morgan fingerprint density at radius 3 is 1.86 bits per heavy atom. The van der Waals surface area contributed by atoms with Crippen LogP contribution in [0.2, 0.25) is 0 Å². The molecule has 1 amide bonds. The van der Waals surface area contributed by atoms with Gasteiger partial charge in [0.2, 0.25) is 5.91 Å². The Labute approximate surface area is 218 Å². The maximum absolute atomic E-state index is 12.6. The van der Waals surface area contributed by atoms with E-state index >= 15 is 0 Å². The molecule has 0 saturated heterocycles. The van der Waals surface area contributed by atoms with Gasteiger partial charge in [-0.25, -0.2) is 0 Å². The van der Waals surface area contributed by atoms with Crippen molar-refractivity contribution in [3.63, 3.8) is 0 Å². The fourth-order valence-corrected chi connectivity index (χ4v) is 5.36. The number of aliphatic hydroxyl groups is 1. The summed E-state index contributed by atoms with van der Waals surface area (Å²) in [7, 11) is 0. The number of nitrogens with one attached hydrogen (secondary N) is 3. The lowest BCUT2D eigenvalue weighted by molar-refractivity contribution is -0.122. The van der Waals surface area contributed by atoms with Crippen molar-refractivity contribution in [1.29, 1.82) is 0 Å². The van der Waals surface area contributed by atoms with Gasteiger partial charge in [-0.15, -0.1) is 0 Å². The standard InChI is InChI=1S/C29H62N4O2/c1-12-15-30-16-19-33(17-13-24(34)31-22-28(8,9)20-26(2,3)4)18-14-25(35)32-23-29(10,11)21-27(5,6)7/h24,30-31,34H,12-23H2,1-11H3,(H,32,35). The van der Waals surface area contributed by atoms with E-state index in [0.717, 1.165) is 52.0 Å². The third kappa shape index (κ3) is 21.1. The van der Waals surface area contributed by atoms with Gasteiger partial charge in [-0.3, -0.25) is 10.1 Å². The summed E-state index contributed by atoms with van der Waals surface area (Å²) in [5.74, 6) is 0.112. The van der Waals surface area contributed by atoms with Crippen LogP contribution in [0.5, 0.6) is 0 Å². The molecule has 0 aromatic rings. The van der Waals surface area contributed by atoms with E-state index in [1.807, 2.05) is 0 Å². The minimum Gasteiger partial charge on any atom is -0.379 e.